The van der Waals surface area contributed by atoms with Crippen LogP contribution in [-0.4, -0.2) is 197 Å². The van der Waals surface area contributed by atoms with Crippen LogP contribution in [0.15, 0.2) is 36.5 Å². The predicted octanol–water partition coefficient (Wildman–Crippen LogP) is 11.7. The van der Waals surface area contributed by atoms with E-state index >= 15 is 0 Å². The molecule has 22 heteroatoms. The van der Waals surface area contributed by atoms with Crippen molar-refractivity contribution < 1.29 is 76.9 Å². The number of amides is 5. The molecule has 102 heavy (non-hydrogen) atoms. The first kappa shape index (κ1) is 95.7. The zero-order valence-electron chi connectivity index (χ0n) is 67.6. The third-order valence-corrected chi connectivity index (χ3v) is 18.6. The smallest absolute Gasteiger partial charge is 0.430 e. The molecule has 3 N–H and O–H groups in total. The average molecular weight is 1440 g/mol. The second-order valence-corrected chi connectivity index (χ2v) is 31.8. The van der Waals surface area contributed by atoms with Gasteiger partial charge in [-0.1, -0.05) is 141 Å². The summed E-state index contributed by atoms with van der Waals surface area (Å²) in [4.78, 5) is 178. The molecule has 1 fully saturated rings. The normalized spacial score (nSPS) is 25.1. The van der Waals surface area contributed by atoms with E-state index in [-0.39, 0.29) is 75.4 Å². The van der Waals surface area contributed by atoms with Crippen molar-refractivity contribution in [3.63, 3.8) is 0 Å². The lowest BCUT2D eigenvalue weighted by Crippen LogP contribution is -2.53. The Kier molecular flexibility index (Phi) is 45.0. The summed E-state index contributed by atoms with van der Waals surface area (Å²) < 4.78 is 16.4. The zero-order valence-corrected chi connectivity index (χ0v) is 67.6. The summed E-state index contributed by atoms with van der Waals surface area (Å²) in [5.41, 5.74) is -0.779. The van der Waals surface area contributed by atoms with Crippen LogP contribution in [0.2, 0.25) is 0 Å². The van der Waals surface area contributed by atoms with Crippen molar-refractivity contribution in [3.8, 4) is 0 Å². The number of hydrogen-bond donors (Lipinski definition) is 3. The van der Waals surface area contributed by atoms with Gasteiger partial charge in [-0.2, -0.15) is 0 Å². The van der Waals surface area contributed by atoms with Crippen LogP contribution in [0.1, 0.15) is 236 Å². The molecule has 0 radical (unpaired) electrons. The van der Waals surface area contributed by atoms with Gasteiger partial charge in [0.05, 0.1) is 61.5 Å². The fourth-order valence-corrected chi connectivity index (χ4v) is 12.6. The van der Waals surface area contributed by atoms with Crippen LogP contribution in [0.5, 0.6) is 0 Å². The van der Waals surface area contributed by atoms with E-state index in [4.69, 9.17) is 14.2 Å². The molecular weight excluding hydrogens is 1300 g/mol. The molecular formula is C80H138N6O16. The third-order valence-electron chi connectivity index (χ3n) is 18.6. The second kappa shape index (κ2) is 48.0. The Morgan fingerprint density at radius 2 is 1.11 bits per heavy atom. The molecule has 0 spiro atoms. The van der Waals surface area contributed by atoms with E-state index < -0.39 is 186 Å². The van der Waals surface area contributed by atoms with Crippen LogP contribution in [0, 0.1) is 65.1 Å². The first-order chi connectivity index (χ1) is 47.3. The number of allylic oxidation sites excluding steroid dienone is 4. The average Bonchev–Trinajstić information content (AvgIpc) is 0.825. The molecule has 0 unspecified atom stereocenters. The minimum atomic E-state index is -1.40. The lowest BCUT2D eigenvalue weighted by Gasteiger charge is -2.36. The summed E-state index contributed by atoms with van der Waals surface area (Å²) in [6.45, 7) is 39.6. The minimum absolute atomic E-state index is 0.0215. The summed E-state index contributed by atoms with van der Waals surface area (Å²) in [5.74, 6) is -11.0. The van der Waals surface area contributed by atoms with Gasteiger partial charge >= 0.3 is 6.16 Å². The van der Waals surface area contributed by atoms with Crippen molar-refractivity contribution in [1.82, 2.24) is 30.2 Å². The van der Waals surface area contributed by atoms with Gasteiger partial charge in [0.1, 0.15) is 18.2 Å². The number of nitrogens with one attached hydrogen (secondary N) is 2. The highest BCUT2D eigenvalue weighted by molar-refractivity contribution is 5.99. The number of Topliss-reactive ketones (excluding diaryl/α,β-unsaturated/α-hetero) is 6. The molecule has 0 aromatic rings. The summed E-state index contributed by atoms with van der Waals surface area (Å²) in [5, 5.41) is 17.5. The molecule has 1 heterocycles. The Labute approximate surface area is 614 Å². The van der Waals surface area contributed by atoms with Gasteiger partial charge in [-0.15, -0.1) is 0 Å². The quantitative estimate of drug-likeness (QED) is 0.0670. The first-order valence-electron chi connectivity index (χ1n) is 37.6. The summed E-state index contributed by atoms with van der Waals surface area (Å²) in [6.07, 6.45) is 9.20. The number of rotatable bonds is 22. The van der Waals surface area contributed by atoms with Gasteiger partial charge < -0.3 is 44.7 Å². The van der Waals surface area contributed by atoms with Crippen LogP contribution in [0.3, 0.4) is 0 Å². The van der Waals surface area contributed by atoms with E-state index in [0.717, 1.165) is 5.92 Å². The van der Waals surface area contributed by atoms with E-state index in [2.05, 4.69) is 43.6 Å². The topological polar surface area (TPSA) is 290 Å². The zero-order chi connectivity index (χ0) is 78.8. The number of nitrogens with zero attached hydrogens (tertiary/aromatic N) is 4. The Balaban J connectivity index is 0.0000119. The molecule has 584 valence electrons. The maximum Gasteiger partial charge on any atom is 0.509 e. The van der Waals surface area contributed by atoms with E-state index in [1.807, 2.05) is 54.5 Å². The lowest BCUT2D eigenvalue weighted by atomic mass is 9.82. The van der Waals surface area contributed by atoms with Crippen molar-refractivity contribution in [3.05, 3.63) is 36.5 Å². The number of aliphatic hydroxyl groups is 1. The number of hydrogen-bond acceptors (Lipinski definition) is 17. The highest BCUT2D eigenvalue weighted by atomic mass is 16.7. The minimum Gasteiger partial charge on any atom is -0.430 e. The fraction of sp³-hybridized carbons (Fsp3) is 0.775. The van der Waals surface area contributed by atoms with Crippen molar-refractivity contribution in [2.24, 2.45) is 65.1 Å². The van der Waals surface area contributed by atoms with E-state index in [1.54, 1.807) is 100 Å². The molecule has 1 saturated heterocycles. The van der Waals surface area contributed by atoms with E-state index in [0.29, 0.717) is 12.8 Å². The molecule has 5 amide bonds. The number of ketones is 6. The van der Waals surface area contributed by atoms with Gasteiger partial charge in [-0.25, -0.2) is 4.79 Å². The van der Waals surface area contributed by atoms with Gasteiger partial charge in [-0.3, -0.25) is 57.6 Å². The van der Waals surface area contributed by atoms with E-state index in [1.165, 1.54) is 61.7 Å². The molecule has 0 saturated carbocycles. The standard InChI is InChI=1S/C72H122N6O16.C8H16/c1-24-26-29-47(13)66(86)53-40-60(82)64(46(11)12)78(23)69(89)51(34-42(3)4)38-59(81)55(35-43(5)6)75(20)41-62(84)49(15)73-67(87)48(14)37-58(80)56(36-44(7)8)76(21)70(90)52(45(9)10)39-61(83)65(50(16)92-32-27-28-33-93-71(91)94-72(17,18)19)77(22)63(85)31-30-57(79)54(25-2)74-68(53)88;1-4-5-6-7-8(2)3/h24,26-28,42-56,64-66,86H,25,29-41H2,1-23H3,(H,73,87)(H,74,88);5-6,8H,4,7H2,1-3H3/b26-24+,28-27+;6-5+/t47-,48-,49-,50-,51-,52+,53+,54+,55+,56+,64+,65+,66-;/m1./s1. The summed E-state index contributed by atoms with van der Waals surface area (Å²) in [6, 6.07) is -6.53. The third kappa shape index (κ3) is 35.0. The lowest BCUT2D eigenvalue weighted by molar-refractivity contribution is -0.148. The predicted molar refractivity (Wildman–Crippen MR) is 402 cm³/mol. The first-order valence-corrected chi connectivity index (χ1v) is 37.6. The molecule has 0 aliphatic carbocycles. The molecule has 13 atom stereocenters. The van der Waals surface area contributed by atoms with E-state index in [9.17, 15) is 62.6 Å². The van der Waals surface area contributed by atoms with Gasteiger partial charge in [0, 0.05) is 77.4 Å². The molecule has 1 aliphatic rings. The fourth-order valence-electron chi connectivity index (χ4n) is 12.6. The summed E-state index contributed by atoms with van der Waals surface area (Å²) in [7, 11) is 6.01. The van der Waals surface area contributed by atoms with Crippen molar-refractivity contribution in [2.75, 3.05) is 47.9 Å². The number of aliphatic hydroxyl groups excluding tert-OH is 1. The summed E-state index contributed by atoms with van der Waals surface area (Å²) >= 11 is 0. The van der Waals surface area contributed by atoms with Crippen LogP contribution >= 0.6 is 0 Å². The van der Waals surface area contributed by atoms with Crippen molar-refractivity contribution >= 4 is 70.4 Å². The van der Waals surface area contributed by atoms with Crippen LogP contribution < -0.4 is 10.6 Å². The Morgan fingerprint density at radius 1 is 0.559 bits per heavy atom. The number of carbonyl (C=O) groups excluding carboxylic acids is 12. The second-order valence-electron chi connectivity index (χ2n) is 31.8. The van der Waals surface area contributed by atoms with Crippen LogP contribution in [0.25, 0.3) is 0 Å². The molecule has 0 aromatic heterocycles. The Morgan fingerprint density at radius 3 is 1.63 bits per heavy atom. The molecule has 1 aliphatic heterocycles. The molecule has 1 rings (SSSR count). The van der Waals surface area contributed by atoms with Crippen LogP contribution in [0.4, 0.5) is 4.79 Å². The maximum atomic E-state index is 15.0. The van der Waals surface area contributed by atoms with Gasteiger partial charge in [0.25, 0.3) is 0 Å². The largest absolute Gasteiger partial charge is 0.509 e. The molecule has 0 aromatic carbocycles. The van der Waals surface area contributed by atoms with Crippen LogP contribution in [-0.2, 0) is 67.0 Å². The molecule has 0 bridgehead atoms. The monoisotopic (exact) mass is 1440 g/mol. The van der Waals surface area contributed by atoms with Gasteiger partial charge in [0.2, 0.25) is 29.5 Å². The SMILES string of the molecule is C/C=C/C[C@@H](C)[C@@H](O)[C@@H]1CC(=O)[C@H](C(C)C)N(C)C(=O)[C@H](CC(C)C)CC(=O)[C@H](CC(C)C)N(C)CC(=O)[C@@H](C)NC(=O)[C@H](C)CC(=O)[C@H](CC(C)C)N(C)C(=O)[C@H](C(C)C)CC(=O)[C@H]([C@@H](C)OC/C=C/COC(=O)OC(C)(C)C)N(C)C(=O)CCC(=O)[C@H](CC)NC1=O.CC/C=C/CC(C)C. The van der Waals surface area contributed by atoms with Crippen molar-refractivity contribution in [2.45, 2.75) is 290 Å². The van der Waals surface area contributed by atoms with Crippen molar-refractivity contribution in [1.29, 1.82) is 0 Å². The highest BCUT2D eigenvalue weighted by Gasteiger charge is 2.43. The molecule has 22 nitrogen and oxygen atoms in total. The number of ether oxygens (including phenoxy) is 3. The number of likely N-dealkylation sites (N-methyl/N-ethyl adjacent to an activating group) is 4. The Bertz CT molecular complexity index is 2760. The van der Waals surface area contributed by atoms with Gasteiger partial charge in [-0.05, 0) is 141 Å². The van der Waals surface area contributed by atoms with Gasteiger partial charge in [0.15, 0.2) is 34.7 Å². The maximum absolute atomic E-state index is 15.0. The highest BCUT2D eigenvalue weighted by Crippen LogP contribution is 2.30. The Hall–Kier alpha value is -6.26. The number of carbonyl (C=O) groups is 12.